The van der Waals surface area contributed by atoms with Crippen molar-refractivity contribution < 1.29 is 19.2 Å². The van der Waals surface area contributed by atoms with Gasteiger partial charge < -0.3 is 20.9 Å². The van der Waals surface area contributed by atoms with Crippen molar-refractivity contribution in [1.29, 1.82) is 0 Å². The molecule has 3 atom stereocenters. The fourth-order valence-electron chi connectivity index (χ4n) is 3.66. The van der Waals surface area contributed by atoms with Gasteiger partial charge in [-0.15, -0.1) is 12.3 Å². The third kappa shape index (κ3) is 8.15. The molecule has 180 valence electrons. The molecule has 1 aromatic carbocycles. The third-order valence-corrected chi connectivity index (χ3v) is 5.32. The smallest absolute Gasteiger partial charge is 0.243 e. The van der Waals surface area contributed by atoms with Crippen LogP contribution >= 0.6 is 0 Å². The first-order valence-corrected chi connectivity index (χ1v) is 11.0. The topological polar surface area (TPSA) is 156 Å². The molecule has 0 aromatic heterocycles. The molecule has 1 aliphatic heterocycles. The van der Waals surface area contributed by atoms with E-state index in [1.807, 2.05) is 30.3 Å². The van der Waals surface area contributed by atoms with Gasteiger partial charge in [0.2, 0.25) is 23.6 Å². The van der Waals surface area contributed by atoms with Crippen molar-refractivity contribution in [3.63, 3.8) is 0 Å². The highest BCUT2D eigenvalue weighted by Crippen LogP contribution is 2.18. The molecule has 3 unspecified atom stereocenters. The summed E-state index contributed by atoms with van der Waals surface area (Å²) in [4.78, 5) is 54.1. The van der Waals surface area contributed by atoms with Crippen LogP contribution in [0.5, 0.6) is 0 Å². The second kappa shape index (κ2) is 13.5. The first kappa shape index (κ1) is 26.2. The Balaban J connectivity index is 2.05. The number of carbonyl (C=O) groups is 4. The summed E-state index contributed by atoms with van der Waals surface area (Å²) >= 11 is 0. The number of carbonyl (C=O) groups excluding carboxylic acids is 4. The van der Waals surface area contributed by atoms with Crippen LogP contribution in [-0.4, -0.2) is 66.3 Å². The zero-order valence-corrected chi connectivity index (χ0v) is 19.1. The molecule has 3 N–H and O–H groups in total. The quantitative estimate of drug-likeness (QED) is 0.189. The van der Waals surface area contributed by atoms with Crippen molar-refractivity contribution >= 4 is 23.6 Å². The average molecular weight is 468 g/mol. The van der Waals surface area contributed by atoms with E-state index >= 15 is 0 Å². The molecule has 34 heavy (non-hydrogen) atoms. The number of terminal acetylenes is 1. The van der Waals surface area contributed by atoms with Crippen molar-refractivity contribution in [2.75, 3.05) is 19.6 Å². The Kier molecular flexibility index (Phi) is 10.4. The first-order chi connectivity index (χ1) is 16.3. The molecule has 4 amide bonds. The van der Waals surface area contributed by atoms with Crippen LogP contribution in [0.15, 0.2) is 35.4 Å². The third-order valence-electron chi connectivity index (χ3n) is 5.32. The lowest BCUT2D eigenvalue weighted by atomic mass is 10.0. The summed E-state index contributed by atoms with van der Waals surface area (Å²) in [6, 6.07) is 7.42. The minimum atomic E-state index is -0.851. The molecular weight excluding hydrogens is 438 g/mol. The minimum absolute atomic E-state index is 0.258. The number of benzene rings is 1. The molecule has 1 aromatic rings. The lowest BCUT2D eigenvalue weighted by molar-refractivity contribution is -0.139. The second-order valence-electron chi connectivity index (χ2n) is 7.98. The van der Waals surface area contributed by atoms with E-state index in [2.05, 4.69) is 31.9 Å². The van der Waals surface area contributed by atoms with Gasteiger partial charge in [-0.3, -0.25) is 19.2 Å². The molecule has 0 aliphatic carbocycles. The van der Waals surface area contributed by atoms with E-state index in [0.717, 1.165) is 5.56 Å². The first-order valence-electron chi connectivity index (χ1n) is 11.0. The number of rotatable bonds is 11. The second-order valence-corrected chi connectivity index (χ2v) is 7.98. The number of nitrogens with one attached hydrogen (secondary N) is 3. The molecule has 0 spiro atoms. The zero-order valence-electron chi connectivity index (χ0n) is 19.1. The SMILES string of the molecule is C#CCC(C)NC(=O)C(Cc1ccccc1)NC(=O)C1CCCN1C(=O)CNC(=O)CN=[N+]=[N-]. The van der Waals surface area contributed by atoms with Gasteiger partial charge in [-0.05, 0) is 30.9 Å². The van der Waals surface area contributed by atoms with Crippen LogP contribution in [-0.2, 0) is 25.6 Å². The summed E-state index contributed by atoms with van der Waals surface area (Å²) in [5.74, 6) is 0.676. The molecule has 11 heteroatoms. The summed E-state index contributed by atoms with van der Waals surface area (Å²) in [5.41, 5.74) is 9.13. The van der Waals surface area contributed by atoms with Gasteiger partial charge in [-0.1, -0.05) is 35.4 Å². The van der Waals surface area contributed by atoms with Gasteiger partial charge in [0, 0.05) is 30.3 Å². The fourth-order valence-corrected chi connectivity index (χ4v) is 3.66. The standard InChI is InChI=1S/C23H29N7O4/c1-3-8-16(2)27-22(33)18(13-17-9-5-4-6-10-17)28-23(34)19-11-7-12-30(19)21(32)15-25-20(31)14-26-29-24/h1,4-6,9-10,16,18-19H,7-8,11-15H2,2H3,(H,25,31)(H,27,33)(H,28,34). The molecule has 2 rings (SSSR count). The maximum atomic E-state index is 13.1. The van der Waals surface area contributed by atoms with Gasteiger partial charge in [0.05, 0.1) is 6.54 Å². The number of hydrogen-bond acceptors (Lipinski definition) is 5. The molecule has 1 saturated heterocycles. The molecule has 0 radical (unpaired) electrons. The molecular formula is C23H29N7O4. The van der Waals surface area contributed by atoms with E-state index in [0.29, 0.717) is 25.8 Å². The van der Waals surface area contributed by atoms with Crippen molar-refractivity contribution in [2.24, 2.45) is 5.11 Å². The van der Waals surface area contributed by atoms with Crippen LogP contribution in [0.4, 0.5) is 0 Å². The van der Waals surface area contributed by atoms with Crippen LogP contribution in [0.2, 0.25) is 0 Å². The molecule has 1 heterocycles. The van der Waals surface area contributed by atoms with Crippen molar-refractivity contribution in [1.82, 2.24) is 20.9 Å². The Morgan fingerprint density at radius 2 is 2.00 bits per heavy atom. The summed E-state index contributed by atoms with van der Waals surface area (Å²) in [7, 11) is 0. The van der Waals surface area contributed by atoms with Crippen LogP contribution < -0.4 is 16.0 Å². The zero-order chi connectivity index (χ0) is 24.9. The Labute approximate surface area is 198 Å². The summed E-state index contributed by atoms with van der Waals surface area (Å²) in [5, 5.41) is 11.1. The van der Waals surface area contributed by atoms with E-state index in [1.54, 1.807) is 6.92 Å². The van der Waals surface area contributed by atoms with E-state index in [-0.39, 0.29) is 24.9 Å². The summed E-state index contributed by atoms with van der Waals surface area (Å²) in [6.07, 6.45) is 7.01. The number of azide groups is 1. The normalized spacial score (nSPS) is 16.4. The van der Waals surface area contributed by atoms with Gasteiger partial charge >= 0.3 is 0 Å². The summed E-state index contributed by atoms with van der Waals surface area (Å²) in [6.45, 7) is 1.41. The largest absolute Gasteiger partial charge is 0.351 e. The molecule has 1 aliphatic rings. The van der Waals surface area contributed by atoms with Crippen molar-refractivity contribution in [2.45, 2.75) is 50.7 Å². The lowest BCUT2D eigenvalue weighted by Crippen LogP contribution is -2.55. The molecule has 0 bridgehead atoms. The highest BCUT2D eigenvalue weighted by molar-refractivity contribution is 5.93. The van der Waals surface area contributed by atoms with Crippen molar-refractivity contribution in [3.05, 3.63) is 46.3 Å². The van der Waals surface area contributed by atoms with E-state index in [1.165, 1.54) is 4.90 Å². The molecule has 1 fully saturated rings. The maximum absolute atomic E-state index is 13.1. The Hall–Kier alpha value is -4.03. The Bertz CT molecular complexity index is 969. The van der Waals surface area contributed by atoms with Gasteiger partial charge in [-0.2, -0.15) is 0 Å². The van der Waals surface area contributed by atoms with Crippen LogP contribution in [0.25, 0.3) is 10.4 Å². The maximum Gasteiger partial charge on any atom is 0.243 e. The van der Waals surface area contributed by atoms with Crippen LogP contribution in [0.1, 0.15) is 31.7 Å². The van der Waals surface area contributed by atoms with Gasteiger partial charge in [-0.25, -0.2) is 0 Å². The minimum Gasteiger partial charge on any atom is -0.351 e. The number of hydrogen-bond donors (Lipinski definition) is 3. The molecule has 11 nitrogen and oxygen atoms in total. The van der Waals surface area contributed by atoms with Crippen LogP contribution in [0.3, 0.4) is 0 Å². The predicted octanol–water partition coefficient (Wildman–Crippen LogP) is 0.659. The highest BCUT2D eigenvalue weighted by Gasteiger charge is 2.36. The lowest BCUT2D eigenvalue weighted by Gasteiger charge is -2.27. The monoisotopic (exact) mass is 467 g/mol. The fraction of sp³-hybridized carbons (Fsp3) is 0.478. The highest BCUT2D eigenvalue weighted by atomic mass is 16.2. The van der Waals surface area contributed by atoms with E-state index in [9.17, 15) is 19.2 Å². The number of nitrogens with zero attached hydrogens (tertiary/aromatic N) is 4. The number of amides is 4. The Morgan fingerprint density at radius 3 is 2.68 bits per heavy atom. The number of likely N-dealkylation sites (tertiary alicyclic amines) is 1. The average Bonchev–Trinajstić information content (AvgIpc) is 3.32. The van der Waals surface area contributed by atoms with E-state index < -0.39 is 36.3 Å². The Morgan fingerprint density at radius 1 is 1.26 bits per heavy atom. The summed E-state index contributed by atoms with van der Waals surface area (Å²) < 4.78 is 0. The molecule has 0 saturated carbocycles. The van der Waals surface area contributed by atoms with Gasteiger partial charge in [0.25, 0.3) is 0 Å². The van der Waals surface area contributed by atoms with Crippen LogP contribution in [0, 0.1) is 12.3 Å². The van der Waals surface area contributed by atoms with Gasteiger partial charge in [0.15, 0.2) is 0 Å². The predicted molar refractivity (Wildman–Crippen MR) is 125 cm³/mol. The van der Waals surface area contributed by atoms with E-state index in [4.69, 9.17) is 12.0 Å². The van der Waals surface area contributed by atoms with Crippen molar-refractivity contribution in [3.8, 4) is 12.3 Å². The van der Waals surface area contributed by atoms with Gasteiger partial charge in [0.1, 0.15) is 18.6 Å².